The Morgan fingerprint density at radius 2 is 2.33 bits per heavy atom. The Labute approximate surface area is 118 Å². The Balaban J connectivity index is 2.74. The summed E-state index contributed by atoms with van der Waals surface area (Å²) in [6.45, 7) is 3.75. The van der Waals surface area contributed by atoms with Crippen molar-refractivity contribution in [3.05, 3.63) is 29.3 Å². The number of halogens is 1. The summed E-state index contributed by atoms with van der Waals surface area (Å²) < 4.78 is 4.35. The number of alkyl halides is 1. The molecule has 0 heterocycles. The lowest BCUT2D eigenvalue weighted by atomic mass is 10.1. The van der Waals surface area contributed by atoms with Gasteiger partial charge in [0.15, 0.2) is 0 Å². The van der Waals surface area contributed by atoms with E-state index in [0.717, 1.165) is 22.5 Å². The smallest absolute Gasteiger partial charge is 0.251 e. The summed E-state index contributed by atoms with van der Waals surface area (Å²) in [6.07, 6.45) is 0. The molecule has 100 valence electrons. The van der Waals surface area contributed by atoms with Crippen LogP contribution in [0.5, 0.6) is 0 Å². The van der Waals surface area contributed by atoms with Gasteiger partial charge in [-0.3, -0.25) is 4.79 Å². The lowest BCUT2D eigenvalue weighted by molar-refractivity contribution is -0.432. The fourth-order valence-electron chi connectivity index (χ4n) is 1.28. The van der Waals surface area contributed by atoms with Crippen molar-refractivity contribution in [1.29, 1.82) is 0 Å². The molecule has 18 heavy (non-hydrogen) atoms. The molecule has 1 atom stereocenters. The second kappa shape index (κ2) is 7.75. The highest BCUT2D eigenvalue weighted by atomic mass is 79.9. The fraction of sp³-hybridized carbons (Fsp3) is 0.364. The van der Waals surface area contributed by atoms with Crippen molar-refractivity contribution in [2.24, 2.45) is 0 Å². The van der Waals surface area contributed by atoms with Crippen LogP contribution in [0.4, 0.5) is 0 Å². The minimum absolute atomic E-state index is 0.0676. The molecular formula is C11H14BrNO4S. The van der Waals surface area contributed by atoms with Crippen molar-refractivity contribution in [3.8, 4) is 0 Å². The molecule has 0 bridgehead atoms. The van der Waals surface area contributed by atoms with E-state index < -0.39 is 0 Å². The zero-order valence-corrected chi connectivity index (χ0v) is 12.4. The van der Waals surface area contributed by atoms with Crippen LogP contribution in [-0.4, -0.2) is 22.5 Å². The Bertz CT molecular complexity index is 416. The fourth-order valence-corrected chi connectivity index (χ4v) is 1.86. The van der Waals surface area contributed by atoms with E-state index in [-0.39, 0.29) is 11.9 Å². The summed E-state index contributed by atoms with van der Waals surface area (Å²) in [7, 11) is 0. The number of hydrogen-bond acceptors (Lipinski definition) is 5. The highest BCUT2D eigenvalue weighted by Crippen LogP contribution is 2.24. The maximum absolute atomic E-state index is 11.9. The van der Waals surface area contributed by atoms with Gasteiger partial charge in [-0.15, -0.1) is 4.33 Å². The van der Waals surface area contributed by atoms with Crippen LogP contribution < -0.4 is 5.32 Å². The van der Waals surface area contributed by atoms with E-state index in [2.05, 4.69) is 30.6 Å². The number of benzene rings is 1. The first-order valence-corrected chi connectivity index (χ1v) is 7.07. The van der Waals surface area contributed by atoms with Crippen LogP contribution >= 0.6 is 28.0 Å². The van der Waals surface area contributed by atoms with Crippen LogP contribution in [0.1, 0.15) is 22.8 Å². The monoisotopic (exact) mass is 335 g/mol. The molecule has 0 aliphatic rings. The molecule has 5 nitrogen and oxygen atoms in total. The molecular weight excluding hydrogens is 322 g/mol. The quantitative estimate of drug-likeness (QED) is 0.362. The summed E-state index contributed by atoms with van der Waals surface area (Å²) >= 11 is 4.17. The molecule has 7 heteroatoms. The van der Waals surface area contributed by atoms with Crippen LogP contribution in [0.15, 0.2) is 23.1 Å². The predicted octanol–water partition coefficient (Wildman–Crippen LogP) is 2.94. The van der Waals surface area contributed by atoms with E-state index in [0.29, 0.717) is 10.9 Å². The molecule has 1 amide bonds. The van der Waals surface area contributed by atoms with Gasteiger partial charge in [-0.05, 0) is 37.6 Å². The molecule has 1 unspecified atom stereocenters. The summed E-state index contributed by atoms with van der Waals surface area (Å²) in [4.78, 5) is 12.6. The Morgan fingerprint density at radius 1 is 1.61 bits per heavy atom. The van der Waals surface area contributed by atoms with Gasteiger partial charge in [0.2, 0.25) is 0 Å². The third-order valence-electron chi connectivity index (χ3n) is 2.20. The van der Waals surface area contributed by atoms with E-state index >= 15 is 0 Å². The first-order chi connectivity index (χ1) is 8.58. The van der Waals surface area contributed by atoms with Gasteiger partial charge in [0, 0.05) is 21.8 Å². The van der Waals surface area contributed by atoms with Gasteiger partial charge >= 0.3 is 0 Å². The zero-order valence-electron chi connectivity index (χ0n) is 9.97. The van der Waals surface area contributed by atoms with E-state index in [4.69, 9.17) is 5.26 Å². The molecule has 0 fully saturated rings. The third-order valence-corrected chi connectivity index (χ3v) is 3.94. The topological polar surface area (TPSA) is 67.8 Å². The first-order valence-electron chi connectivity index (χ1n) is 5.20. The van der Waals surface area contributed by atoms with Crippen LogP contribution in [0.25, 0.3) is 0 Å². The minimum Gasteiger partial charge on any atom is -0.349 e. The van der Waals surface area contributed by atoms with Gasteiger partial charge in [-0.25, -0.2) is 5.26 Å². The highest BCUT2D eigenvalue weighted by molar-refractivity contribution is 9.09. The first kappa shape index (κ1) is 15.5. The van der Waals surface area contributed by atoms with Crippen molar-refractivity contribution in [2.75, 3.05) is 5.33 Å². The Kier molecular flexibility index (Phi) is 6.66. The van der Waals surface area contributed by atoms with Crippen molar-refractivity contribution >= 4 is 33.9 Å². The average Bonchev–Trinajstić information content (AvgIpc) is 2.37. The highest BCUT2D eigenvalue weighted by Gasteiger charge is 2.10. The minimum atomic E-state index is -0.124. The lowest BCUT2D eigenvalue weighted by Gasteiger charge is -2.11. The van der Waals surface area contributed by atoms with Crippen LogP contribution in [0, 0.1) is 6.92 Å². The van der Waals surface area contributed by atoms with Crippen LogP contribution in [-0.2, 0) is 9.37 Å². The molecule has 0 saturated heterocycles. The maximum atomic E-state index is 11.9. The Morgan fingerprint density at radius 3 is 2.89 bits per heavy atom. The molecule has 0 saturated carbocycles. The number of carbonyl (C=O) groups excluding carboxylic acids is 1. The van der Waals surface area contributed by atoms with Gasteiger partial charge in [0.1, 0.15) is 0 Å². The third kappa shape index (κ3) is 4.58. The molecule has 0 aliphatic carbocycles. The second-order valence-corrected chi connectivity index (χ2v) is 5.13. The summed E-state index contributed by atoms with van der Waals surface area (Å²) in [5, 5.41) is 15.1. The molecule has 0 aliphatic heterocycles. The van der Waals surface area contributed by atoms with Crippen molar-refractivity contribution < 1.29 is 19.4 Å². The predicted molar refractivity (Wildman–Crippen MR) is 72.6 cm³/mol. The number of hydrogen-bond donors (Lipinski definition) is 2. The average molecular weight is 336 g/mol. The zero-order chi connectivity index (χ0) is 13.5. The van der Waals surface area contributed by atoms with Gasteiger partial charge in [-0.1, -0.05) is 21.0 Å². The van der Waals surface area contributed by atoms with Gasteiger partial charge < -0.3 is 5.32 Å². The maximum Gasteiger partial charge on any atom is 0.251 e. The summed E-state index contributed by atoms with van der Waals surface area (Å²) in [6, 6.07) is 5.23. The molecule has 1 aromatic rings. The van der Waals surface area contributed by atoms with E-state index in [1.165, 1.54) is 0 Å². The molecule has 0 aromatic heterocycles. The molecule has 0 spiro atoms. The van der Waals surface area contributed by atoms with Crippen molar-refractivity contribution in [3.63, 3.8) is 0 Å². The van der Waals surface area contributed by atoms with E-state index in [1.807, 2.05) is 13.8 Å². The van der Waals surface area contributed by atoms with E-state index in [1.54, 1.807) is 18.2 Å². The normalized spacial score (nSPS) is 12.2. The molecule has 0 radical (unpaired) electrons. The Hall–Kier alpha value is -0.600. The van der Waals surface area contributed by atoms with Gasteiger partial charge in [0.05, 0.1) is 12.0 Å². The standard InChI is InChI=1S/C11H14BrNO4S/c1-7-5-9(11(14)13-8(2)6-12)3-4-10(7)18-17-16-15/h3-5,8,15H,6H2,1-2H3,(H,13,14). The lowest BCUT2D eigenvalue weighted by Crippen LogP contribution is -2.33. The molecule has 1 rings (SSSR count). The van der Waals surface area contributed by atoms with Gasteiger partial charge in [-0.2, -0.15) is 0 Å². The van der Waals surface area contributed by atoms with Crippen LogP contribution in [0.2, 0.25) is 0 Å². The summed E-state index contributed by atoms with van der Waals surface area (Å²) in [5.41, 5.74) is 1.44. The van der Waals surface area contributed by atoms with Crippen molar-refractivity contribution in [2.45, 2.75) is 24.8 Å². The number of nitrogens with one attached hydrogen (secondary N) is 1. The number of carbonyl (C=O) groups is 1. The van der Waals surface area contributed by atoms with Crippen molar-refractivity contribution in [1.82, 2.24) is 5.32 Å². The van der Waals surface area contributed by atoms with Crippen LogP contribution in [0.3, 0.4) is 0 Å². The number of rotatable bonds is 6. The van der Waals surface area contributed by atoms with E-state index in [9.17, 15) is 4.79 Å². The van der Waals surface area contributed by atoms with Gasteiger partial charge in [0.25, 0.3) is 5.91 Å². The summed E-state index contributed by atoms with van der Waals surface area (Å²) in [5.74, 6) is -0.124. The SMILES string of the molecule is Cc1cc(C(=O)NC(C)CBr)ccc1SOOO. The second-order valence-electron chi connectivity index (χ2n) is 3.73. The number of amides is 1. The molecule has 2 N–H and O–H groups in total. The molecule has 1 aromatic carbocycles. The number of aryl methyl sites for hydroxylation is 1. The largest absolute Gasteiger partial charge is 0.349 e.